The number of ether oxygens (including phenoxy) is 1. The van der Waals surface area contributed by atoms with Crippen LogP contribution in [0.15, 0.2) is 6.20 Å². The number of aromatic nitrogens is 2. The molecule has 2 aliphatic heterocycles. The molecule has 0 spiro atoms. The molecule has 2 saturated heterocycles. The summed E-state index contributed by atoms with van der Waals surface area (Å²) < 4.78 is 7.08. The Bertz CT molecular complexity index is 685. The molecular formula is C17H24N4O3. The Hall–Kier alpha value is -1.89. The normalized spacial score (nSPS) is 29.3. The van der Waals surface area contributed by atoms with Gasteiger partial charge in [-0.15, -0.1) is 0 Å². The van der Waals surface area contributed by atoms with Gasteiger partial charge in [0, 0.05) is 13.7 Å². The lowest BCUT2D eigenvalue weighted by Crippen LogP contribution is -2.42. The van der Waals surface area contributed by atoms with E-state index in [0.717, 1.165) is 43.4 Å². The number of nitrogens with zero attached hydrogens (tertiary/aromatic N) is 4. The highest BCUT2D eigenvalue weighted by Crippen LogP contribution is 2.44. The third-order valence-electron chi connectivity index (χ3n) is 5.78. The number of imide groups is 1. The van der Waals surface area contributed by atoms with E-state index in [-0.39, 0.29) is 18.0 Å². The first-order valence-electron chi connectivity index (χ1n) is 8.76. The molecule has 1 aromatic heterocycles. The number of urea groups is 1. The lowest BCUT2D eigenvalue weighted by atomic mass is 9.91. The molecule has 0 bridgehead atoms. The van der Waals surface area contributed by atoms with Crippen molar-refractivity contribution >= 4 is 11.9 Å². The van der Waals surface area contributed by atoms with Crippen LogP contribution in [-0.4, -0.2) is 57.3 Å². The van der Waals surface area contributed by atoms with Gasteiger partial charge in [-0.05, 0) is 44.6 Å². The molecule has 0 saturated carbocycles. The van der Waals surface area contributed by atoms with Crippen LogP contribution in [0.5, 0.6) is 0 Å². The average molecular weight is 332 g/mol. The van der Waals surface area contributed by atoms with Gasteiger partial charge < -0.3 is 9.64 Å². The van der Waals surface area contributed by atoms with Gasteiger partial charge in [0.05, 0.1) is 31.1 Å². The summed E-state index contributed by atoms with van der Waals surface area (Å²) in [5.74, 6) is -0.0395. The van der Waals surface area contributed by atoms with Gasteiger partial charge in [0.25, 0.3) is 5.91 Å². The second-order valence-electron chi connectivity index (χ2n) is 7.17. The van der Waals surface area contributed by atoms with Crippen molar-refractivity contribution in [3.63, 3.8) is 0 Å². The highest BCUT2D eigenvalue weighted by atomic mass is 16.5. The van der Waals surface area contributed by atoms with E-state index in [0.29, 0.717) is 19.7 Å². The molecule has 7 heteroatoms. The largest absolute Gasteiger partial charge is 0.383 e. The van der Waals surface area contributed by atoms with Crippen LogP contribution in [0.3, 0.4) is 0 Å². The van der Waals surface area contributed by atoms with Crippen LogP contribution in [0.25, 0.3) is 0 Å². The van der Waals surface area contributed by atoms with E-state index in [1.165, 1.54) is 4.90 Å². The van der Waals surface area contributed by atoms with Crippen LogP contribution >= 0.6 is 0 Å². The first-order chi connectivity index (χ1) is 11.6. The summed E-state index contributed by atoms with van der Waals surface area (Å²) >= 11 is 0. The summed E-state index contributed by atoms with van der Waals surface area (Å²) in [4.78, 5) is 29.3. The highest BCUT2D eigenvalue weighted by Gasteiger charge is 2.58. The quantitative estimate of drug-likeness (QED) is 0.788. The monoisotopic (exact) mass is 332 g/mol. The molecule has 0 radical (unpaired) electrons. The number of hydrogen-bond donors (Lipinski definition) is 0. The second-order valence-corrected chi connectivity index (χ2v) is 7.17. The van der Waals surface area contributed by atoms with Gasteiger partial charge in [0.1, 0.15) is 5.54 Å². The molecule has 130 valence electrons. The Morgan fingerprint density at radius 2 is 2.21 bits per heavy atom. The molecule has 3 heterocycles. The summed E-state index contributed by atoms with van der Waals surface area (Å²) in [5.41, 5.74) is 1.52. The standard InChI is InChI=1S/C17H24N4O3/c1-17-7-4-8-19(17)16(23)21(15(17)22)13-6-3-5-12-11-18-20(14(12)13)9-10-24-2/h11,13H,3-10H2,1-2H3. The minimum absolute atomic E-state index is 0.0395. The zero-order valence-corrected chi connectivity index (χ0v) is 14.3. The van der Waals surface area contributed by atoms with Crippen molar-refractivity contribution in [2.75, 3.05) is 20.3 Å². The van der Waals surface area contributed by atoms with Gasteiger partial charge in [-0.25, -0.2) is 4.79 Å². The molecule has 3 aliphatic rings. The zero-order chi connectivity index (χ0) is 16.9. The number of fused-ring (bicyclic) bond motifs is 2. The summed E-state index contributed by atoms with van der Waals surface area (Å²) in [6.45, 7) is 3.79. The second kappa shape index (κ2) is 5.58. The van der Waals surface area contributed by atoms with Crippen molar-refractivity contribution in [1.82, 2.24) is 19.6 Å². The van der Waals surface area contributed by atoms with Gasteiger partial charge in [-0.3, -0.25) is 14.4 Å². The van der Waals surface area contributed by atoms with E-state index in [1.54, 1.807) is 12.0 Å². The maximum Gasteiger partial charge on any atom is 0.328 e. The number of aryl methyl sites for hydroxylation is 1. The summed E-state index contributed by atoms with van der Waals surface area (Å²) in [6, 6.07) is -0.326. The van der Waals surface area contributed by atoms with Gasteiger partial charge in [0.15, 0.2) is 0 Å². The minimum Gasteiger partial charge on any atom is -0.383 e. The fourth-order valence-corrected chi connectivity index (χ4v) is 4.49. The molecule has 7 nitrogen and oxygen atoms in total. The average Bonchev–Trinajstić information content (AvgIpc) is 3.21. The SMILES string of the molecule is COCCn1ncc2c1C(N1C(=O)N3CCCC3(C)C1=O)CCC2. The lowest BCUT2D eigenvalue weighted by Gasteiger charge is -2.31. The van der Waals surface area contributed by atoms with Crippen LogP contribution < -0.4 is 0 Å². The molecule has 2 unspecified atom stereocenters. The Morgan fingerprint density at radius 3 is 2.96 bits per heavy atom. The predicted octanol–water partition coefficient (Wildman–Crippen LogP) is 1.72. The molecular weight excluding hydrogens is 308 g/mol. The van der Waals surface area contributed by atoms with Crippen molar-refractivity contribution in [2.24, 2.45) is 0 Å². The van der Waals surface area contributed by atoms with E-state index < -0.39 is 5.54 Å². The smallest absolute Gasteiger partial charge is 0.328 e. The first-order valence-corrected chi connectivity index (χ1v) is 8.76. The van der Waals surface area contributed by atoms with Crippen LogP contribution in [0.1, 0.15) is 49.9 Å². The third-order valence-corrected chi connectivity index (χ3v) is 5.78. The van der Waals surface area contributed by atoms with Crippen LogP contribution in [-0.2, 0) is 22.5 Å². The van der Waals surface area contributed by atoms with Crippen LogP contribution in [0.2, 0.25) is 0 Å². The molecule has 0 N–H and O–H groups in total. The number of methoxy groups -OCH3 is 1. The van der Waals surface area contributed by atoms with Gasteiger partial charge in [-0.2, -0.15) is 5.10 Å². The Kier molecular flexibility index (Phi) is 3.63. The maximum absolute atomic E-state index is 13.1. The van der Waals surface area contributed by atoms with Gasteiger partial charge in [-0.1, -0.05) is 0 Å². The van der Waals surface area contributed by atoms with Crippen LogP contribution in [0, 0.1) is 0 Å². The first kappa shape index (κ1) is 15.6. The van der Waals surface area contributed by atoms with Crippen molar-refractivity contribution in [1.29, 1.82) is 0 Å². The predicted molar refractivity (Wildman–Crippen MR) is 86.4 cm³/mol. The van der Waals surface area contributed by atoms with E-state index in [4.69, 9.17) is 4.74 Å². The summed E-state index contributed by atoms with van der Waals surface area (Å²) in [7, 11) is 1.66. The molecule has 0 aromatic carbocycles. The Balaban J connectivity index is 1.70. The number of carbonyl (C=O) groups excluding carboxylic acids is 2. The number of amides is 3. The van der Waals surface area contributed by atoms with Gasteiger partial charge in [0.2, 0.25) is 0 Å². The van der Waals surface area contributed by atoms with Crippen molar-refractivity contribution in [3.8, 4) is 0 Å². The van der Waals surface area contributed by atoms with E-state index >= 15 is 0 Å². The number of carbonyl (C=O) groups is 2. The highest BCUT2D eigenvalue weighted by molar-refractivity contribution is 6.07. The lowest BCUT2D eigenvalue weighted by molar-refractivity contribution is -0.133. The van der Waals surface area contributed by atoms with Gasteiger partial charge >= 0.3 is 6.03 Å². The third kappa shape index (κ3) is 2.03. The van der Waals surface area contributed by atoms with Crippen molar-refractivity contribution in [2.45, 2.75) is 57.2 Å². The molecule has 24 heavy (non-hydrogen) atoms. The molecule has 1 aromatic rings. The number of rotatable bonds is 4. The minimum atomic E-state index is -0.647. The molecule has 4 rings (SSSR count). The fourth-order valence-electron chi connectivity index (χ4n) is 4.49. The Labute approximate surface area is 141 Å². The zero-order valence-electron chi connectivity index (χ0n) is 14.3. The Morgan fingerprint density at radius 1 is 1.38 bits per heavy atom. The number of hydrogen-bond acceptors (Lipinski definition) is 4. The topological polar surface area (TPSA) is 67.7 Å². The summed E-state index contributed by atoms with van der Waals surface area (Å²) in [5, 5.41) is 4.47. The fraction of sp³-hybridized carbons (Fsp3) is 0.706. The molecule has 2 atom stereocenters. The van der Waals surface area contributed by atoms with Crippen LogP contribution in [0.4, 0.5) is 4.79 Å². The van der Waals surface area contributed by atoms with E-state index in [1.807, 2.05) is 17.8 Å². The summed E-state index contributed by atoms with van der Waals surface area (Å²) in [6.07, 6.45) is 6.29. The maximum atomic E-state index is 13.1. The van der Waals surface area contributed by atoms with Crippen molar-refractivity contribution < 1.29 is 14.3 Å². The molecule has 1 aliphatic carbocycles. The molecule has 3 amide bonds. The molecule has 2 fully saturated rings. The van der Waals surface area contributed by atoms with Crippen molar-refractivity contribution in [3.05, 3.63) is 17.5 Å². The van der Waals surface area contributed by atoms with E-state index in [9.17, 15) is 9.59 Å². The van der Waals surface area contributed by atoms with E-state index in [2.05, 4.69) is 5.10 Å².